The van der Waals surface area contributed by atoms with E-state index in [-0.39, 0.29) is 22.5 Å². The van der Waals surface area contributed by atoms with Crippen molar-refractivity contribution in [2.75, 3.05) is 0 Å². The predicted molar refractivity (Wildman–Crippen MR) is 47.5 cm³/mol. The highest BCUT2D eigenvalue weighted by Crippen LogP contribution is 2.17. The van der Waals surface area contributed by atoms with Gasteiger partial charge in [-0.2, -0.15) is 0 Å². The molecule has 0 atom stereocenters. The molecule has 13 heavy (non-hydrogen) atoms. The van der Waals surface area contributed by atoms with E-state index in [0.717, 1.165) is 6.07 Å². The fraction of sp³-hybridized carbons (Fsp3) is 0.125. The third-order valence-corrected chi connectivity index (χ3v) is 1.65. The minimum absolute atomic E-state index is 0.101. The van der Waals surface area contributed by atoms with Gasteiger partial charge in [0.25, 0.3) is 0 Å². The number of benzene rings is 1. The first-order valence-corrected chi connectivity index (χ1v) is 3.53. The Morgan fingerprint density at radius 2 is 2.15 bits per heavy atom. The molecule has 2 N–H and O–H groups in total. The molecule has 0 saturated carbocycles. The lowest BCUT2D eigenvalue weighted by atomic mass is 9.92. The van der Waals surface area contributed by atoms with Crippen LogP contribution in [-0.2, 0) is 0 Å². The molecular formula is C8H7BFNO2. The first-order valence-electron chi connectivity index (χ1n) is 3.53. The molecule has 0 spiro atoms. The van der Waals surface area contributed by atoms with Crippen LogP contribution in [0.4, 0.5) is 4.39 Å². The van der Waals surface area contributed by atoms with Crippen molar-refractivity contribution >= 4 is 19.0 Å². The Labute approximate surface area is 75.9 Å². The molecule has 0 heterocycles. The lowest BCUT2D eigenvalue weighted by Crippen LogP contribution is -2.11. The average Bonchev–Trinajstić information content (AvgIpc) is 2.10. The van der Waals surface area contributed by atoms with Crippen LogP contribution >= 0.6 is 0 Å². The quantitative estimate of drug-likeness (QED) is 0.286. The second-order valence-corrected chi connectivity index (χ2v) is 2.58. The third-order valence-electron chi connectivity index (χ3n) is 1.65. The highest BCUT2D eigenvalue weighted by Gasteiger charge is 2.08. The van der Waals surface area contributed by atoms with Gasteiger partial charge in [-0.1, -0.05) is 16.7 Å². The van der Waals surface area contributed by atoms with Gasteiger partial charge in [0, 0.05) is 11.6 Å². The van der Waals surface area contributed by atoms with Crippen LogP contribution in [0.1, 0.15) is 12.5 Å². The van der Waals surface area contributed by atoms with Crippen molar-refractivity contribution in [1.82, 2.24) is 0 Å². The van der Waals surface area contributed by atoms with Crippen molar-refractivity contribution in [1.29, 1.82) is 0 Å². The SMILES string of the molecule is [B]c1cc(/C(C)=N/O)c(O)cc1F. The summed E-state index contributed by atoms with van der Waals surface area (Å²) < 4.78 is 12.7. The molecule has 0 amide bonds. The number of halogens is 1. The summed E-state index contributed by atoms with van der Waals surface area (Å²) in [5.74, 6) is -1.01. The molecule has 1 aromatic carbocycles. The Bertz CT molecular complexity index is 365. The second kappa shape index (κ2) is 3.47. The number of hydrogen-bond donors (Lipinski definition) is 2. The summed E-state index contributed by atoms with van der Waals surface area (Å²) in [5.41, 5.74) is 0.279. The molecule has 0 fully saturated rings. The Balaban J connectivity index is 3.32. The van der Waals surface area contributed by atoms with Gasteiger partial charge in [0.05, 0.1) is 5.71 Å². The topological polar surface area (TPSA) is 52.8 Å². The zero-order valence-electron chi connectivity index (χ0n) is 6.95. The number of oxime groups is 1. The molecule has 0 aliphatic heterocycles. The van der Waals surface area contributed by atoms with Crippen molar-refractivity contribution in [2.24, 2.45) is 5.16 Å². The molecule has 1 aromatic rings. The van der Waals surface area contributed by atoms with E-state index in [1.807, 2.05) is 0 Å². The number of phenolic OH excluding ortho intramolecular Hbond substituents is 1. The van der Waals surface area contributed by atoms with E-state index in [4.69, 9.17) is 13.1 Å². The fourth-order valence-corrected chi connectivity index (χ4v) is 0.923. The van der Waals surface area contributed by atoms with Crippen LogP contribution in [-0.4, -0.2) is 23.9 Å². The van der Waals surface area contributed by atoms with Gasteiger partial charge in [-0.05, 0) is 6.92 Å². The van der Waals surface area contributed by atoms with Crippen LogP contribution in [0.2, 0.25) is 0 Å². The molecule has 0 aliphatic carbocycles. The Morgan fingerprint density at radius 1 is 1.54 bits per heavy atom. The minimum Gasteiger partial charge on any atom is -0.507 e. The summed E-state index contributed by atoms with van der Waals surface area (Å²) in [7, 11) is 5.26. The lowest BCUT2D eigenvalue weighted by molar-refractivity contribution is 0.318. The Morgan fingerprint density at radius 3 is 2.69 bits per heavy atom. The normalized spacial score (nSPS) is 11.7. The van der Waals surface area contributed by atoms with Crippen LogP contribution in [0.5, 0.6) is 5.75 Å². The van der Waals surface area contributed by atoms with E-state index >= 15 is 0 Å². The summed E-state index contributed by atoms with van der Waals surface area (Å²) >= 11 is 0. The smallest absolute Gasteiger partial charge is 0.127 e. The van der Waals surface area contributed by atoms with Crippen molar-refractivity contribution in [2.45, 2.75) is 6.92 Å². The van der Waals surface area contributed by atoms with Gasteiger partial charge in [0.1, 0.15) is 19.4 Å². The Kier molecular flexibility index (Phi) is 2.56. The number of nitrogens with zero attached hydrogens (tertiary/aromatic N) is 1. The summed E-state index contributed by atoms with van der Waals surface area (Å²) in [6.45, 7) is 1.46. The largest absolute Gasteiger partial charge is 0.507 e. The summed E-state index contributed by atoms with van der Waals surface area (Å²) in [6.07, 6.45) is 0. The van der Waals surface area contributed by atoms with Crippen LogP contribution < -0.4 is 5.46 Å². The van der Waals surface area contributed by atoms with E-state index in [9.17, 15) is 9.50 Å². The molecule has 3 nitrogen and oxygen atoms in total. The monoisotopic (exact) mass is 179 g/mol. The molecule has 0 aliphatic rings. The molecule has 0 aromatic heterocycles. The average molecular weight is 179 g/mol. The number of rotatable bonds is 1. The van der Waals surface area contributed by atoms with E-state index in [1.165, 1.54) is 13.0 Å². The zero-order valence-corrected chi connectivity index (χ0v) is 6.95. The van der Waals surface area contributed by atoms with E-state index in [2.05, 4.69) is 5.16 Å². The van der Waals surface area contributed by atoms with Gasteiger partial charge in [0.15, 0.2) is 0 Å². The van der Waals surface area contributed by atoms with Gasteiger partial charge in [-0.15, -0.1) is 0 Å². The van der Waals surface area contributed by atoms with Gasteiger partial charge >= 0.3 is 0 Å². The first-order chi connectivity index (χ1) is 6.06. The van der Waals surface area contributed by atoms with E-state index in [1.54, 1.807) is 0 Å². The zero-order chi connectivity index (χ0) is 10.0. The standard InChI is InChI=1S/C8H7BFNO2/c1-4(11-13)5-2-6(9)7(10)3-8(5)12/h2-3,12-13H,1H3/b11-4+. The number of aromatic hydroxyl groups is 1. The van der Waals surface area contributed by atoms with Crippen molar-refractivity contribution in [3.63, 3.8) is 0 Å². The van der Waals surface area contributed by atoms with Crippen LogP contribution in [0, 0.1) is 5.82 Å². The van der Waals surface area contributed by atoms with Gasteiger partial charge in [-0.25, -0.2) is 4.39 Å². The van der Waals surface area contributed by atoms with Crippen LogP contribution in [0.3, 0.4) is 0 Å². The molecule has 2 radical (unpaired) electrons. The van der Waals surface area contributed by atoms with Gasteiger partial charge in [0.2, 0.25) is 0 Å². The summed E-state index contributed by atoms with van der Waals surface area (Å²) in [4.78, 5) is 0. The molecule has 66 valence electrons. The minimum atomic E-state index is -0.702. The highest BCUT2D eigenvalue weighted by atomic mass is 19.1. The van der Waals surface area contributed by atoms with Gasteiger partial charge < -0.3 is 10.3 Å². The van der Waals surface area contributed by atoms with Crippen molar-refractivity contribution in [3.8, 4) is 5.75 Å². The predicted octanol–water partition coefficient (Wildman–Crippen LogP) is 0.523. The van der Waals surface area contributed by atoms with Gasteiger partial charge in [-0.3, -0.25) is 0 Å². The molecule has 1 rings (SSSR count). The third kappa shape index (κ3) is 1.80. The number of phenols is 1. The van der Waals surface area contributed by atoms with Crippen molar-refractivity contribution < 1.29 is 14.7 Å². The summed E-state index contributed by atoms with van der Waals surface area (Å²) in [5, 5.41) is 20.5. The Hall–Kier alpha value is -1.52. The maximum atomic E-state index is 12.7. The number of hydrogen-bond acceptors (Lipinski definition) is 3. The fourth-order valence-electron chi connectivity index (χ4n) is 0.923. The molecule has 0 unspecified atom stereocenters. The van der Waals surface area contributed by atoms with Crippen LogP contribution in [0.25, 0.3) is 0 Å². The summed E-state index contributed by atoms with van der Waals surface area (Å²) in [6, 6.07) is 2.08. The molecule has 5 heteroatoms. The van der Waals surface area contributed by atoms with Crippen LogP contribution in [0.15, 0.2) is 17.3 Å². The highest BCUT2D eigenvalue weighted by molar-refractivity contribution is 6.33. The van der Waals surface area contributed by atoms with E-state index < -0.39 is 5.82 Å². The molecular weight excluding hydrogens is 172 g/mol. The lowest BCUT2D eigenvalue weighted by Gasteiger charge is -2.04. The second-order valence-electron chi connectivity index (χ2n) is 2.58. The maximum absolute atomic E-state index is 12.7. The van der Waals surface area contributed by atoms with Crippen molar-refractivity contribution in [3.05, 3.63) is 23.5 Å². The first kappa shape index (κ1) is 9.57. The molecule has 0 saturated heterocycles. The molecule has 0 bridgehead atoms. The van der Waals surface area contributed by atoms with E-state index in [0.29, 0.717) is 0 Å². The maximum Gasteiger partial charge on any atom is 0.127 e.